The third-order valence-electron chi connectivity index (χ3n) is 5.76. The monoisotopic (exact) mass is 444 g/mol. The zero-order chi connectivity index (χ0) is 21.8. The number of nitrogens with zero attached hydrogens (tertiary/aromatic N) is 2. The summed E-state index contributed by atoms with van der Waals surface area (Å²) in [6, 6.07) is 7.95. The molecule has 0 unspecified atom stereocenters. The summed E-state index contributed by atoms with van der Waals surface area (Å²) in [7, 11) is 1.63. The molecule has 0 aliphatic carbocycles. The Bertz CT molecular complexity index is 989. The molecular weight excluding hydrogens is 419 g/mol. The van der Waals surface area contributed by atoms with Gasteiger partial charge in [0.2, 0.25) is 0 Å². The Balaban J connectivity index is 1.48. The van der Waals surface area contributed by atoms with E-state index in [9.17, 15) is 9.18 Å². The van der Waals surface area contributed by atoms with E-state index in [2.05, 4.69) is 4.90 Å². The van der Waals surface area contributed by atoms with Crippen LogP contribution in [0.5, 0.6) is 11.5 Å². The quantitative estimate of drug-likeness (QED) is 0.587. The van der Waals surface area contributed by atoms with Crippen molar-refractivity contribution < 1.29 is 18.7 Å². The molecule has 0 aromatic heterocycles. The Morgan fingerprint density at radius 1 is 1.16 bits per heavy atom. The highest BCUT2D eigenvalue weighted by atomic mass is 35.5. The number of ether oxygens (including phenoxy) is 2. The summed E-state index contributed by atoms with van der Waals surface area (Å²) in [6.07, 6.45) is 6.31. The lowest BCUT2D eigenvalue weighted by molar-refractivity contribution is -0.114. The van der Waals surface area contributed by atoms with Gasteiger partial charge in [0.25, 0.3) is 5.91 Å². The van der Waals surface area contributed by atoms with Crippen molar-refractivity contribution in [2.75, 3.05) is 44.8 Å². The third-order valence-corrected chi connectivity index (χ3v) is 6.09. The highest BCUT2D eigenvalue weighted by molar-refractivity contribution is 6.32. The van der Waals surface area contributed by atoms with Gasteiger partial charge in [0.1, 0.15) is 12.4 Å². The second-order valence-electron chi connectivity index (χ2n) is 7.77. The van der Waals surface area contributed by atoms with Gasteiger partial charge in [-0.3, -0.25) is 9.69 Å². The van der Waals surface area contributed by atoms with Gasteiger partial charge in [-0.2, -0.15) is 0 Å². The van der Waals surface area contributed by atoms with Crippen LogP contribution >= 0.6 is 11.6 Å². The number of carbonyl (C=O) groups excluding carboxylic acids is 1. The predicted octanol–water partition coefficient (Wildman–Crippen LogP) is 4.56. The number of carbonyl (C=O) groups is 1. The molecule has 0 radical (unpaired) electrons. The van der Waals surface area contributed by atoms with Crippen LogP contribution in [-0.2, 0) is 11.2 Å². The van der Waals surface area contributed by atoms with Gasteiger partial charge in [-0.05, 0) is 67.8 Å². The number of rotatable bonds is 7. The van der Waals surface area contributed by atoms with Crippen LogP contribution in [0.15, 0.2) is 36.4 Å². The summed E-state index contributed by atoms with van der Waals surface area (Å²) in [5.74, 6) is 0.759. The van der Waals surface area contributed by atoms with Gasteiger partial charge in [-0.25, -0.2) is 4.39 Å². The summed E-state index contributed by atoms with van der Waals surface area (Å²) in [5.41, 5.74) is 2.47. The Morgan fingerprint density at radius 3 is 2.71 bits per heavy atom. The summed E-state index contributed by atoms with van der Waals surface area (Å²) < 4.78 is 24.8. The minimum Gasteiger partial charge on any atom is -0.493 e. The van der Waals surface area contributed by atoms with Crippen LogP contribution in [0.3, 0.4) is 0 Å². The van der Waals surface area contributed by atoms with Crippen LogP contribution in [0.1, 0.15) is 24.0 Å². The van der Waals surface area contributed by atoms with Crippen molar-refractivity contribution >= 4 is 29.3 Å². The SMILES string of the molecule is COc1cc2c(cc1OCCN1CCCC1)N(C(=O)/C=C/c1ccc(F)cc1Cl)CC2. The van der Waals surface area contributed by atoms with Crippen LogP contribution in [0.4, 0.5) is 10.1 Å². The molecule has 2 aromatic rings. The molecule has 4 rings (SSSR count). The number of methoxy groups -OCH3 is 1. The molecule has 0 spiro atoms. The van der Waals surface area contributed by atoms with Gasteiger partial charge in [0.05, 0.1) is 17.8 Å². The fourth-order valence-electron chi connectivity index (χ4n) is 4.08. The molecule has 0 saturated carbocycles. The molecule has 0 atom stereocenters. The molecule has 0 bridgehead atoms. The van der Waals surface area contributed by atoms with Gasteiger partial charge < -0.3 is 14.4 Å². The minimum absolute atomic E-state index is 0.160. The van der Waals surface area contributed by atoms with Crippen molar-refractivity contribution in [1.82, 2.24) is 4.90 Å². The van der Waals surface area contributed by atoms with Crippen LogP contribution in [0, 0.1) is 5.82 Å². The Hall–Kier alpha value is -2.57. The van der Waals surface area contributed by atoms with Crippen molar-refractivity contribution in [2.24, 2.45) is 0 Å². The van der Waals surface area contributed by atoms with E-state index in [1.165, 1.54) is 31.1 Å². The number of hydrogen-bond acceptors (Lipinski definition) is 4. The van der Waals surface area contributed by atoms with Crippen LogP contribution < -0.4 is 14.4 Å². The number of anilines is 1. The highest BCUT2D eigenvalue weighted by Crippen LogP contribution is 2.39. The van der Waals surface area contributed by atoms with Crippen LogP contribution in [0.2, 0.25) is 5.02 Å². The van der Waals surface area contributed by atoms with E-state index in [1.54, 1.807) is 24.2 Å². The molecule has 1 saturated heterocycles. The normalized spacial score (nSPS) is 16.2. The molecule has 2 aliphatic rings. The fourth-order valence-corrected chi connectivity index (χ4v) is 4.31. The van der Waals surface area contributed by atoms with E-state index in [1.807, 2.05) is 12.1 Å². The number of benzene rings is 2. The molecule has 2 aliphatic heterocycles. The lowest BCUT2D eigenvalue weighted by Gasteiger charge is -2.19. The summed E-state index contributed by atoms with van der Waals surface area (Å²) >= 11 is 6.05. The molecule has 7 heteroatoms. The summed E-state index contributed by atoms with van der Waals surface area (Å²) in [6.45, 7) is 4.28. The maximum Gasteiger partial charge on any atom is 0.251 e. The second kappa shape index (κ2) is 9.71. The first-order chi connectivity index (χ1) is 15.0. The Labute approximate surface area is 187 Å². The van der Waals surface area contributed by atoms with Gasteiger partial charge in [0, 0.05) is 25.2 Å². The van der Waals surface area contributed by atoms with E-state index in [-0.39, 0.29) is 10.9 Å². The first-order valence-electron chi connectivity index (χ1n) is 10.6. The average molecular weight is 445 g/mol. The average Bonchev–Trinajstić information content (AvgIpc) is 3.42. The molecule has 2 aromatic carbocycles. The highest BCUT2D eigenvalue weighted by Gasteiger charge is 2.26. The van der Waals surface area contributed by atoms with Crippen molar-refractivity contribution in [3.05, 3.63) is 58.4 Å². The lowest BCUT2D eigenvalue weighted by Crippen LogP contribution is -2.27. The third kappa shape index (κ3) is 5.02. The second-order valence-corrected chi connectivity index (χ2v) is 8.18. The molecule has 2 heterocycles. The van der Waals surface area contributed by atoms with Crippen LogP contribution in [0.25, 0.3) is 6.08 Å². The molecule has 164 valence electrons. The number of hydrogen-bond donors (Lipinski definition) is 0. The van der Waals surface area contributed by atoms with Crippen LogP contribution in [-0.4, -0.2) is 50.7 Å². The van der Waals surface area contributed by atoms with E-state index >= 15 is 0 Å². The van der Waals surface area contributed by atoms with Gasteiger partial charge in [-0.1, -0.05) is 17.7 Å². The zero-order valence-electron chi connectivity index (χ0n) is 17.6. The minimum atomic E-state index is -0.409. The molecule has 1 fully saturated rings. The van der Waals surface area contributed by atoms with E-state index in [4.69, 9.17) is 21.1 Å². The van der Waals surface area contributed by atoms with Crippen molar-refractivity contribution in [3.8, 4) is 11.5 Å². The predicted molar refractivity (Wildman–Crippen MR) is 121 cm³/mol. The van der Waals surface area contributed by atoms with Crippen molar-refractivity contribution in [1.29, 1.82) is 0 Å². The number of halogens is 2. The maximum absolute atomic E-state index is 13.2. The lowest BCUT2D eigenvalue weighted by atomic mass is 10.1. The number of likely N-dealkylation sites (tertiary alicyclic amines) is 1. The molecule has 1 amide bonds. The summed E-state index contributed by atoms with van der Waals surface area (Å²) in [5, 5.41) is 0.268. The van der Waals surface area contributed by atoms with E-state index < -0.39 is 5.82 Å². The van der Waals surface area contributed by atoms with Gasteiger partial charge >= 0.3 is 0 Å². The first-order valence-corrected chi connectivity index (χ1v) is 10.9. The number of amides is 1. The maximum atomic E-state index is 13.2. The molecule has 0 N–H and O–H groups in total. The topological polar surface area (TPSA) is 42.0 Å². The zero-order valence-corrected chi connectivity index (χ0v) is 18.3. The fraction of sp³-hybridized carbons (Fsp3) is 0.375. The number of fused-ring (bicyclic) bond motifs is 1. The molecule has 31 heavy (non-hydrogen) atoms. The van der Waals surface area contributed by atoms with Crippen molar-refractivity contribution in [3.63, 3.8) is 0 Å². The summed E-state index contributed by atoms with van der Waals surface area (Å²) in [4.78, 5) is 17.0. The standard InChI is InChI=1S/C24H26ClFN2O3/c1-30-22-14-18-8-11-28(24(29)7-5-17-4-6-19(26)15-20(17)25)21(18)16-23(22)31-13-12-27-9-2-3-10-27/h4-7,14-16H,2-3,8-13H2,1H3/b7-5+. The first kappa shape index (κ1) is 21.7. The smallest absolute Gasteiger partial charge is 0.251 e. The largest absolute Gasteiger partial charge is 0.493 e. The molecular formula is C24H26ClFN2O3. The van der Waals surface area contributed by atoms with Gasteiger partial charge in [0.15, 0.2) is 11.5 Å². The van der Waals surface area contributed by atoms with Gasteiger partial charge in [-0.15, -0.1) is 0 Å². The van der Waals surface area contributed by atoms with E-state index in [0.29, 0.717) is 30.2 Å². The van der Waals surface area contributed by atoms with Crippen molar-refractivity contribution in [2.45, 2.75) is 19.3 Å². The van der Waals surface area contributed by atoms with E-state index in [0.717, 1.165) is 37.3 Å². The Kier molecular flexibility index (Phi) is 6.78. The Morgan fingerprint density at radius 2 is 1.97 bits per heavy atom. The molecule has 5 nitrogen and oxygen atoms in total.